The third-order valence-corrected chi connectivity index (χ3v) is 5.23. The van der Waals surface area contributed by atoms with Crippen molar-refractivity contribution in [1.29, 1.82) is 0 Å². The van der Waals surface area contributed by atoms with Crippen LogP contribution >= 0.6 is 11.8 Å². The van der Waals surface area contributed by atoms with Gasteiger partial charge in [-0.3, -0.25) is 9.36 Å². The maximum absolute atomic E-state index is 12.3. The molecule has 2 aromatic carbocycles. The lowest BCUT2D eigenvalue weighted by molar-refractivity contribution is -0.119. The Morgan fingerprint density at radius 1 is 1.24 bits per heavy atom. The molecule has 3 aromatic rings. The molecule has 0 aliphatic carbocycles. The highest BCUT2D eigenvalue weighted by molar-refractivity contribution is 7.99. The average molecular weight is 412 g/mol. The van der Waals surface area contributed by atoms with E-state index in [4.69, 9.17) is 14.2 Å². The van der Waals surface area contributed by atoms with E-state index in [1.807, 2.05) is 48.5 Å². The van der Waals surface area contributed by atoms with Crippen LogP contribution in [0.15, 0.2) is 60.0 Å². The molecule has 1 aliphatic heterocycles. The van der Waals surface area contributed by atoms with E-state index in [2.05, 4.69) is 15.5 Å². The van der Waals surface area contributed by atoms with Crippen LogP contribution < -0.4 is 19.5 Å². The number of thioether (sulfide) groups is 1. The summed E-state index contributed by atoms with van der Waals surface area (Å²) in [6, 6.07) is 15.1. The monoisotopic (exact) mass is 412 g/mol. The summed E-state index contributed by atoms with van der Waals surface area (Å²) in [6.45, 7) is 0.763. The molecule has 0 unspecified atom stereocenters. The summed E-state index contributed by atoms with van der Waals surface area (Å²) in [7, 11) is 1.61. The van der Waals surface area contributed by atoms with Crippen LogP contribution in [0, 0.1) is 0 Å². The summed E-state index contributed by atoms with van der Waals surface area (Å²) in [5.41, 5.74) is 0.814. The van der Waals surface area contributed by atoms with Crippen LogP contribution in [-0.4, -0.2) is 52.8 Å². The average Bonchev–Trinajstić information content (AvgIpc) is 3.24. The van der Waals surface area contributed by atoms with Gasteiger partial charge in [-0.2, -0.15) is 0 Å². The Labute approximate surface area is 172 Å². The van der Waals surface area contributed by atoms with Gasteiger partial charge in [0.15, 0.2) is 16.7 Å². The maximum Gasteiger partial charge on any atom is 0.230 e. The van der Waals surface area contributed by atoms with Gasteiger partial charge in [0.05, 0.1) is 25.1 Å². The largest absolute Gasteiger partial charge is 0.495 e. The van der Waals surface area contributed by atoms with Crippen molar-refractivity contribution in [3.05, 3.63) is 54.9 Å². The van der Waals surface area contributed by atoms with Crippen molar-refractivity contribution in [1.82, 2.24) is 20.1 Å². The summed E-state index contributed by atoms with van der Waals surface area (Å²) < 4.78 is 18.7. The zero-order valence-electron chi connectivity index (χ0n) is 15.8. The van der Waals surface area contributed by atoms with Gasteiger partial charge in [-0.25, -0.2) is 0 Å². The number of fused-ring (bicyclic) bond motifs is 1. The molecular weight excluding hydrogens is 392 g/mol. The number of carbonyl (C=O) groups is 1. The van der Waals surface area contributed by atoms with Crippen LogP contribution in [0.4, 0.5) is 0 Å². The Morgan fingerprint density at radius 2 is 2.03 bits per heavy atom. The number of nitrogens with zero attached hydrogens (tertiary/aromatic N) is 3. The van der Waals surface area contributed by atoms with Gasteiger partial charge in [-0.1, -0.05) is 36.0 Å². The molecule has 0 radical (unpaired) electrons. The number of ether oxygens (including phenoxy) is 3. The Bertz CT molecular complexity index is 994. The number of para-hydroxylation sites is 4. The van der Waals surface area contributed by atoms with Crippen molar-refractivity contribution in [2.24, 2.45) is 0 Å². The molecule has 9 heteroatoms. The van der Waals surface area contributed by atoms with Gasteiger partial charge in [0.25, 0.3) is 0 Å². The zero-order valence-corrected chi connectivity index (χ0v) is 16.6. The molecule has 0 saturated carbocycles. The molecule has 0 fully saturated rings. The van der Waals surface area contributed by atoms with Crippen LogP contribution in [0.25, 0.3) is 5.69 Å². The quantitative estimate of drug-likeness (QED) is 0.596. The Hall–Kier alpha value is -3.20. The smallest absolute Gasteiger partial charge is 0.230 e. The zero-order chi connectivity index (χ0) is 20.1. The molecule has 2 heterocycles. The second-order valence-corrected chi connectivity index (χ2v) is 7.19. The van der Waals surface area contributed by atoms with E-state index in [0.29, 0.717) is 29.8 Å². The molecule has 8 nitrogen and oxygen atoms in total. The summed E-state index contributed by atoms with van der Waals surface area (Å²) >= 11 is 1.30. The van der Waals surface area contributed by atoms with Gasteiger partial charge in [-0.05, 0) is 24.3 Å². The number of rotatable bonds is 7. The molecule has 29 heavy (non-hydrogen) atoms. The predicted octanol–water partition coefficient (Wildman–Crippen LogP) is 2.32. The van der Waals surface area contributed by atoms with Crippen LogP contribution in [0.5, 0.6) is 17.2 Å². The third kappa shape index (κ3) is 4.45. The number of aromatic nitrogens is 3. The van der Waals surface area contributed by atoms with Crippen molar-refractivity contribution >= 4 is 17.7 Å². The Kier molecular flexibility index (Phi) is 5.85. The van der Waals surface area contributed by atoms with Crippen molar-refractivity contribution in [3.63, 3.8) is 0 Å². The molecule has 0 spiro atoms. The van der Waals surface area contributed by atoms with Gasteiger partial charge in [0, 0.05) is 0 Å². The van der Waals surface area contributed by atoms with Gasteiger partial charge in [0.2, 0.25) is 5.91 Å². The normalized spacial score (nSPS) is 15.0. The lowest BCUT2D eigenvalue weighted by Gasteiger charge is -2.26. The van der Waals surface area contributed by atoms with E-state index in [1.54, 1.807) is 18.0 Å². The first-order chi connectivity index (χ1) is 14.2. The summed E-state index contributed by atoms with van der Waals surface area (Å²) in [5, 5.41) is 11.6. The standard InChI is InChI=1S/C20H20N4O4S/c1-26-16-7-3-2-6-15(16)24-13-22-23-20(24)29-12-19(25)21-10-14-11-27-17-8-4-5-9-18(17)28-14/h2-9,13-14H,10-12H2,1H3,(H,21,25)/t14-/m1/s1. The number of hydrogen-bond donors (Lipinski definition) is 1. The molecule has 0 bridgehead atoms. The highest BCUT2D eigenvalue weighted by Gasteiger charge is 2.21. The number of methoxy groups -OCH3 is 1. The summed E-state index contributed by atoms with van der Waals surface area (Å²) in [6.07, 6.45) is 1.37. The molecule has 1 aromatic heterocycles. The highest BCUT2D eigenvalue weighted by atomic mass is 32.2. The van der Waals surface area contributed by atoms with Gasteiger partial charge < -0.3 is 19.5 Å². The molecule has 1 N–H and O–H groups in total. The van der Waals surface area contributed by atoms with Gasteiger partial charge >= 0.3 is 0 Å². The second-order valence-electron chi connectivity index (χ2n) is 6.25. The van der Waals surface area contributed by atoms with Gasteiger partial charge in [0.1, 0.15) is 24.8 Å². The van der Waals surface area contributed by atoms with Crippen molar-refractivity contribution in [2.75, 3.05) is 26.0 Å². The second kappa shape index (κ2) is 8.87. The predicted molar refractivity (Wildman–Crippen MR) is 108 cm³/mol. The van der Waals surface area contributed by atoms with Crippen LogP contribution in [0.2, 0.25) is 0 Å². The number of hydrogen-bond acceptors (Lipinski definition) is 7. The maximum atomic E-state index is 12.3. The van der Waals surface area contributed by atoms with Crippen LogP contribution in [-0.2, 0) is 4.79 Å². The molecule has 0 saturated heterocycles. The number of carbonyl (C=O) groups excluding carboxylic acids is 1. The topological polar surface area (TPSA) is 87.5 Å². The molecule has 4 rings (SSSR count). The minimum absolute atomic E-state index is 0.118. The Morgan fingerprint density at radius 3 is 2.90 bits per heavy atom. The molecule has 150 valence electrons. The summed E-state index contributed by atoms with van der Waals surface area (Å²) in [5.74, 6) is 2.21. The molecule has 1 aliphatic rings. The number of nitrogens with one attached hydrogen (secondary N) is 1. The van der Waals surface area contributed by atoms with Crippen molar-refractivity contribution in [2.45, 2.75) is 11.3 Å². The fraction of sp³-hybridized carbons (Fsp3) is 0.250. The van der Waals surface area contributed by atoms with Crippen molar-refractivity contribution < 1.29 is 19.0 Å². The first-order valence-corrected chi connectivity index (χ1v) is 10.0. The first-order valence-electron chi connectivity index (χ1n) is 9.06. The van der Waals surface area contributed by atoms with E-state index < -0.39 is 0 Å². The lowest BCUT2D eigenvalue weighted by atomic mass is 10.2. The van der Waals surface area contributed by atoms with E-state index in [-0.39, 0.29) is 17.8 Å². The SMILES string of the molecule is COc1ccccc1-n1cnnc1SCC(=O)NC[C@@H]1COc2ccccc2O1. The van der Waals surface area contributed by atoms with Crippen LogP contribution in [0.3, 0.4) is 0 Å². The third-order valence-electron chi connectivity index (χ3n) is 4.29. The minimum Gasteiger partial charge on any atom is -0.495 e. The molecule has 1 atom stereocenters. The highest BCUT2D eigenvalue weighted by Crippen LogP contribution is 2.30. The number of benzene rings is 2. The Balaban J connectivity index is 1.31. The minimum atomic E-state index is -0.226. The van der Waals surface area contributed by atoms with E-state index in [1.165, 1.54) is 11.8 Å². The fourth-order valence-electron chi connectivity index (χ4n) is 2.89. The van der Waals surface area contributed by atoms with E-state index >= 15 is 0 Å². The van der Waals surface area contributed by atoms with E-state index in [0.717, 1.165) is 11.4 Å². The van der Waals surface area contributed by atoms with Crippen molar-refractivity contribution in [3.8, 4) is 22.9 Å². The number of amides is 1. The first kappa shape index (κ1) is 19.1. The lowest BCUT2D eigenvalue weighted by Crippen LogP contribution is -2.41. The summed E-state index contributed by atoms with van der Waals surface area (Å²) in [4.78, 5) is 12.3. The van der Waals surface area contributed by atoms with Gasteiger partial charge in [-0.15, -0.1) is 10.2 Å². The molecular formula is C20H20N4O4S. The van der Waals surface area contributed by atoms with E-state index in [9.17, 15) is 4.79 Å². The van der Waals surface area contributed by atoms with Crippen LogP contribution in [0.1, 0.15) is 0 Å². The fourth-order valence-corrected chi connectivity index (χ4v) is 3.64. The molecule has 1 amide bonds.